The summed E-state index contributed by atoms with van der Waals surface area (Å²) in [6, 6.07) is 28.8. The number of nitrogens with one attached hydrogen (secondary N) is 1. The number of nitrogens with zero attached hydrogens (tertiary/aromatic N) is 3. The second-order valence-corrected chi connectivity index (χ2v) is 8.99. The first-order valence-electron chi connectivity index (χ1n) is 11.6. The molecule has 1 atom stereocenters. The van der Waals surface area contributed by atoms with Crippen LogP contribution in [-0.4, -0.2) is 33.0 Å². The number of carbonyl (C=O) groups is 2. The van der Waals surface area contributed by atoms with Crippen LogP contribution in [0.4, 0.5) is 0 Å². The van der Waals surface area contributed by atoms with E-state index in [1.807, 2.05) is 84.9 Å². The third-order valence-electron chi connectivity index (χ3n) is 6.21. The number of rotatable bonds is 7. The minimum atomic E-state index is -0.304. The van der Waals surface area contributed by atoms with E-state index in [2.05, 4.69) is 10.4 Å². The Labute approximate surface area is 209 Å². The van der Waals surface area contributed by atoms with Gasteiger partial charge in [-0.3, -0.25) is 14.3 Å². The van der Waals surface area contributed by atoms with Crippen LogP contribution in [0.1, 0.15) is 43.7 Å². The predicted octanol–water partition coefficient (Wildman–Crippen LogP) is 4.91. The third-order valence-corrected chi connectivity index (χ3v) is 6.58. The topological polar surface area (TPSA) is 67.2 Å². The van der Waals surface area contributed by atoms with E-state index < -0.39 is 0 Å². The molecular formula is C28H25ClN4O2. The standard InChI is InChI=1S/C28H25ClN4O2/c29-23-14-8-7-13-22(23)19-32-15-16-33-26(28(32)35)18-25(31-33)27(34)30-24(21-11-5-2-6-12-21)17-20-9-3-1-4-10-20/h1-14,18,24H,15-17,19H2,(H,30,34). The van der Waals surface area contributed by atoms with Gasteiger partial charge in [-0.15, -0.1) is 0 Å². The van der Waals surface area contributed by atoms with Crippen molar-refractivity contribution in [1.29, 1.82) is 0 Å². The van der Waals surface area contributed by atoms with Crippen molar-refractivity contribution in [1.82, 2.24) is 20.0 Å². The smallest absolute Gasteiger partial charge is 0.272 e. The molecule has 0 saturated heterocycles. The average molecular weight is 485 g/mol. The van der Waals surface area contributed by atoms with Crippen molar-refractivity contribution in [3.05, 3.63) is 124 Å². The van der Waals surface area contributed by atoms with Crippen LogP contribution in [0.3, 0.4) is 0 Å². The molecule has 35 heavy (non-hydrogen) atoms. The lowest BCUT2D eigenvalue weighted by molar-refractivity contribution is 0.0683. The summed E-state index contributed by atoms with van der Waals surface area (Å²) < 4.78 is 1.62. The zero-order valence-corrected chi connectivity index (χ0v) is 19.9. The molecule has 0 saturated carbocycles. The van der Waals surface area contributed by atoms with Gasteiger partial charge in [0.2, 0.25) is 0 Å². The second-order valence-electron chi connectivity index (χ2n) is 8.58. The summed E-state index contributed by atoms with van der Waals surface area (Å²) in [6.07, 6.45) is 0.648. The van der Waals surface area contributed by atoms with Crippen LogP contribution in [0.25, 0.3) is 0 Å². The molecule has 176 valence electrons. The van der Waals surface area contributed by atoms with Crippen LogP contribution >= 0.6 is 11.6 Å². The van der Waals surface area contributed by atoms with Crippen molar-refractivity contribution in [2.75, 3.05) is 6.54 Å². The summed E-state index contributed by atoms with van der Waals surface area (Å²) in [5.41, 5.74) is 3.67. The Morgan fingerprint density at radius 2 is 1.63 bits per heavy atom. The SMILES string of the molecule is O=C(NC(Cc1ccccc1)c1ccccc1)c1cc2n(n1)CCN(Cc1ccccc1Cl)C2=O. The Balaban J connectivity index is 1.34. The van der Waals surface area contributed by atoms with E-state index in [1.165, 1.54) is 0 Å². The molecule has 0 spiro atoms. The molecule has 6 nitrogen and oxygen atoms in total. The second kappa shape index (κ2) is 10.2. The van der Waals surface area contributed by atoms with E-state index in [1.54, 1.807) is 15.6 Å². The minimum absolute atomic E-state index is 0.161. The number of amides is 2. The van der Waals surface area contributed by atoms with E-state index >= 15 is 0 Å². The van der Waals surface area contributed by atoms with Gasteiger partial charge in [0.25, 0.3) is 11.8 Å². The number of benzene rings is 3. The first-order chi connectivity index (χ1) is 17.1. The Morgan fingerprint density at radius 3 is 2.37 bits per heavy atom. The Morgan fingerprint density at radius 1 is 0.943 bits per heavy atom. The molecule has 1 aromatic heterocycles. The van der Waals surface area contributed by atoms with E-state index in [0.717, 1.165) is 16.7 Å². The summed E-state index contributed by atoms with van der Waals surface area (Å²) in [5, 5.41) is 8.20. The van der Waals surface area contributed by atoms with E-state index in [0.29, 0.717) is 36.8 Å². The molecule has 1 unspecified atom stereocenters. The molecule has 0 fully saturated rings. The normalized spacial score (nSPS) is 13.9. The first kappa shape index (κ1) is 22.9. The molecule has 5 rings (SSSR count). The van der Waals surface area contributed by atoms with Gasteiger partial charge >= 0.3 is 0 Å². The number of fused-ring (bicyclic) bond motifs is 1. The zero-order valence-electron chi connectivity index (χ0n) is 19.1. The Hall–Kier alpha value is -3.90. The Bertz CT molecular complexity index is 1340. The summed E-state index contributed by atoms with van der Waals surface area (Å²) in [4.78, 5) is 28.1. The fraction of sp³-hybridized carbons (Fsp3) is 0.179. The summed E-state index contributed by atoms with van der Waals surface area (Å²) in [5.74, 6) is -0.464. The van der Waals surface area contributed by atoms with Crippen molar-refractivity contribution in [3.63, 3.8) is 0 Å². The molecule has 7 heteroatoms. The van der Waals surface area contributed by atoms with Crippen molar-refractivity contribution in [2.45, 2.75) is 25.6 Å². The first-order valence-corrected chi connectivity index (χ1v) is 12.0. The van der Waals surface area contributed by atoms with Gasteiger partial charge < -0.3 is 10.2 Å². The maximum absolute atomic E-state index is 13.2. The number of hydrogen-bond acceptors (Lipinski definition) is 3. The predicted molar refractivity (Wildman–Crippen MR) is 135 cm³/mol. The largest absolute Gasteiger partial charge is 0.344 e. The van der Waals surface area contributed by atoms with Crippen molar-refractivity contribution >= 4 is 23.4 Å². The van der Waals surface area contributed by atoms with Gasteiger partial charge in [-0.25, -0.2) is 0 Å². The molecular weight excluding hydrogens is 460 g/mol. The van der Waals surface area contributed by atoms with Crippen LogP contribution in [-0.2, 0) is 19.5 Å². The molecule has 1 aliphatic heterocycles. The fourth-order valence-electron chi connectivity index (χ4n) is 4.35. The van der Waals surface area contributed by atoms with Gasteiger partial charge in [0, 0.05) is 24.2 Å². The number of halogens is 1. The van der Waals surface area contributed by atoms with Gasteiger partial charge in [0.15, 0.2) is 5.69 Å². The van der Waals surface area contributed by atoms with Gasteiger partial charge in [0.1, 0.15) is 5.69 Å². The van der Waals surface area contributed by atoms with Crippen molar-refractivity contribution < 1.29 is 9.59 Å². The number of carbonyl (C=O) groups excluding carboxylic acids is 2. The zero-order chi connectivity index (χ0) is 24.2. The molecule has 0 radical (unpaired) electrons. The molecule has 2 amide bonds. The average Bonchev–Trinajstić information content (AvgIpc) is 3.33. The highest BCUT2D eigenvalue weighted by Crippen LogP contribution is 2.22. The lowest BCUT2D eigenvalue weighted by atomic mass is 9.98. The highest BCUT2D eigenvalue weighted by Gasteiger charge is 2.29. The highest BCUT2D eigenvalue weighted by atomic mass is 35.5. The van der Waals surface area contributed by atoms with Gasteiger partial charge in [-0.2, -0.15) is 5.10 Å². The fourth-order valence-corrected chi connectivity index (χ4v) is 4.55. The van der Waals surface area contributed by atoms with E-state index in [9.17, 15) is 9.59 Å². The number of aromatic nitrogens is 2. The summed E-state index contributed by atoms with van der Waals surface area (Å²) >= 11 is 6.29. The highest BCUT2D eigenvalue weighted by molar-refractivity contribution is 6.31. The molecule has 3 aromatic carbocycles. The molecule has 2 heterocycles. The van der Waals surface area contributed by atoms with Crippen LogP contribution in [0.5, 0.6) is 0 Å². The van der Waals surface area contributed by atoms with Crippen LogP contribution < -0.4 is 5.32 Å². The van der Waals surface area contributed by atoms with Crippen molar-refractivity contribution in [2.24, 2.45) is 0 Å². The van der Waals surface area contributed by atoms with Gasteiger partial charge in [-0.05, 0) is 29.2 Å². The summed E-state index contributed by atoms with van der Waals surface area (Å²) in [6.45, 7) is 1.43. The lowest BCUT2D eigenvalue weighted by Gasteiger charge is -2.27. The van der Waals surface area contributed by atoms with Crippen LogP contribution in [0.2, 0.25) is 5.02 Å². The Kier molecular flexibility index (Phi) is 6.64. The number of hydrogen-bond donors (Lipinski definition) is 1. The van der Waals surface area contributed by atoms with Gasteiger partial charge in [-0.1, -0.05) is 90.5 Å². The van der Waals surface area contributed by atoms with E-state index in [-0.39, 0.29) is 23.6 Å². The lowest BCUT2D eigenvalue weighted by Crippen LogP contribution is -2.39. The van der Waals surface area contributed by atoms with E-state index in [4.69, 9.17) is 11.6 Å². The quantitative estimate of drug-likeness (QED) is 0.405. The molecule has 4 aromatic rings. The monoisotopic (exact) mass is 484 g/mol. The summed E-state index contributed by atoms with van der Waals surface area (Å²) in [7, 11) is 0. The van der Waals surface area contributed by atoms with Crippen molar-refractivity contribution in [3.8, 4) is 0 Å². The third kappa shape index (κ3) is 5.12. The van der Waals surface area contributed by atoms with Gasteiger partial charge in [0.05, 0.1) is 12.6 Å². The molecule has 0 bridgehead atoms. The maximum Gasteiger partial charge on any atom is 0.272 e. The maximum atomic E-state index is 13.2. The minimum Gasteiger partial charge on any atom is -0.344 e. The molecule has 0 aliphatic carbocycles. The molecule has 1 N–H and O–H groups in total. The molecule has 1 aliphatic rings. The van der Waals surface area contributed by atoms with Crippen LogP contribution in [0.15, 0.2) is 91.0 Å². The van der Waals surface area contributed by atoms with Crippen LogP contribution in [0, 0.1) is 0 Å².